The van der Waals surface area contributed by atoms with Crippen LogP contribution in [0, 0.1) is 0 Å². The lowest BCUT2D eigenvalue weighted by Gasteiger charge is -2.42. The summed E-state index contributed by atoms with van der Waals surface area (Å²) in [6, 6.07) is 10.2. The van der Waals surface area contributed by atoms with E-state index in [4.69, 9.17) is 4.74 Å². The number of methoxy groups -OCH3 is 1. The maximum atomic E-state index is 12.3. The van der Waals surface area contributed by atoms with Gasteiger partial charge in [-0.2, -0.15) is 0 Å². The Hall–Kier alpha value is -1.09. The molecule has 0 aromatic heterocycles. The van der Waals surface area contributed by atoms with Gasteiger partial charge < -0.3 is 4.74 Å². The molecular formula is C15H24O2Si. The molecule has 0 aliphatic carbocycles. The van der Waals surface area contributed by atoms with Crippen molar-refractivity contribution >= 4 is 14.0 Å². The van der Waals surface area contributed by atoms with Crippen LogP contribution < -0.4 is 0 Å². The Morgan fingerprint density at radius 2 is 1.72 bits per heavy atom. The van der Waals surface area contributed by atoms with Gasteiger partial charge in [-0.1, -0.05) is 63.8 Å². The van der Waals surface area contributed by atoms with E-state index < -0.39 is 13.1 Å². The largest absolute Gasteiger partial charge is 0.469 e. The SMILES string of the molecule is COC(=O)[C@](C)([C@@H](C)c1ccccc1)[Si](C)(C)C. The number of benzene rings is 1. The first kappa shape index (κ1) is 15.0. The molecule has 0 fully saturated rings. The van der Waals surface area contributed by atoms with E-state index in [0.717, 1.165) is 0 Å². The maximum absolute atomic E-state index is 12.3. The Balaban J connectivity index is 3.25. The van der Waals surface area contributed by atoms with Gasteiger partial charge in [-0.05, 0) is 11.5 Å². The average molecular weight is 264 g/mol. The third-order valence-corrected chi connectivity index (χ3v) is 8.09. The third kappa shape index (κ3) is 2.51. The number of rotatable bonds is 4. The summed E-state index contributed by atoms with van der Waals surface area (Å²) in [5.41, 5.74) is 1.20. The van der Waals surface area contributed by atoms with Gasteiger partial charge >= 0.3 is 5.97 Å². The van der Waals surface area contributed by atoms with Crippen LogP contribution in [0.2, 0.25) is 24.7 Å². The topological polar surface area (TPSA) is 26.3 Å². The van der Waals surface area contributed by atoms with Crippen LogP contribution in [-0.4, -0.2) is 21.2 Å². The van der Waals surface area contributed by atoms with Crippen LogP contribution in [0.5, 0.6) is 0 Å². The summed E-state index contributed by atoms with van der Waals surface area (Å²) in [5, 5.41) is -0.414. The summed E-state index contributed by atoms with van der Waals surface area (Å²) >= 11 is 0. The van der Waals surface area contributed by atoms with E-state index in [0.29, 0.717) is 0 Å². The smallest absolute Gasteiger partial charge is 0.309 e. The van der Waals surface area contributed by atoms with Crippen molar-refractivity contribution in [1.29, 1.82) is 0 Å². The molecule has 1 aromatic carbocycles. The van der Waals surface area contributed by atoms with E-state index in [1.54, 1.807) is 0 Å². The highest BCUT2D eigenvalue weighted by atomic mass is 28.3. The van der Waals surface area contributed by atoms with Gasteiger partial charge in [0.1, 0.15) is 0 Å². The minimum atomic E-state index is -1.72. The quantitative estimate of drug-likeness (QED) is 0.605. The second kappa shape index (κ2) is 5.27. The first-order valence-electron chi connectivity index (χ1n) is 6.38. The molecule has 0 bridgehead atoms. The molecule has 1 rings (SSSR count). The predicted octanol–water partition coefficient (Wildman–Crippen LogP) is 4.06. The fourth-order valence-corrected chi connectivity index (χ4v) is 4.60. The van der Waals surface area contributed by atoms with Crippen molar-refractivity contribution in [2.75, 3.05) is 7.11 Å². The Labute approximate surface area is 111 Å². The van der Waals surface area contributed by atoms with Crippen molar-refractivity contribution in [2.45, 2.75) is 44.4 Å². The molecule has 0 spiro atoms. The van der Waals surface area contributed by atoms with Gasteiger partial charge in [0.05, 0.1) is 20.2 Å². The molecule has 3 heteroatoms. The molecule has 0 amide bonds. The molecule has 0 aliphatic rings. The molecule has 2 atom stereocenters. The highest BCUT2D eigenvalue weighted by Crippen LogP contribution is 2.50. The van der Waals surface area contributed by atoms with Gasteiger partial charge in [0.15, 0.2) is 0 Å². The maximum Gasteiger partial charge on any atom is 0.309 e. The first-order chi connectivity index (χ1) is 8.25. The van der Waals surface area contributed by atoms with Gasteiger partial charge in [-0.15, -0.1) is 0 Å². The van der Waals surface area contributed by atoms with Crippen molar-refractivity contribution < 1.29 is 9.53 Å². The number of carbonyl (C=O) groups is 1. The van der Waals surface area contributed by atoms with Crippen LogP contribution in [0.25, 0.3) is 0 Å². The summed E-state index contributed by atoms with van der Waals surface area (Å²) in [6.07, 6.45) is 0. The standard InChI is InChI=1S/C15H24O2Si/c1-12(13-10-8-7-9-11-13)15(2,14(16)17-3)18(4,5)6/h7-12H,1-6H3/t12-,15-/m0/s1. The molecule has 2 nitrogen and oxygen atoms in total. The summed E-state index contributed by atoms with van der Waals surface area (Å²) < 4.78 is 5.08. The molecule has 0 saturated heterocycles. The van der Waals surface area contributed by atoms with Crippen LogP contribution in [0.1, 0.15) is 25.3 Å². The zero-order valence-electron chi connectivity index (χ0n) is 12.3. The highest BCUT2D eigenvalue weighted by molar-refractivity contribution is 6.82. The summed E-state index contributed by atoms with van der Waals surface area (Å²) in [4.78, 5) is 12.3. The van der Waals surface area contributed by atoms with E-state index >= 15 is 0 Å². The molecular weight excluding hydrogens is 240 g/mol. The van der Waals surface area contributed by atoms with Gasteiger partial charge in [-0.3, -0.25) is 4.79 Å². The minimum absolute atomic E-state index is 0.0852. The number of esters is 1. The average Bonchev–Trinajstić information content (AvgIpc) is 2.35. The second-order valence-corrected chi connectivity index (χ2v) is 11.6. The van der Waals surface area contributed by atoms with Crippen molar-refractivity contribution in [1.82, 2.24) is 0 Å². The molecule has 18 heavy (non-hydrogen) atoms. The molecule has 100 valence electrons. The summed E-state index contributed by atoms with van der Waals surface area (Å²) in [6.45, 7) is 10.9. The fourth-order valence-electron chi connectivity index (χ4n) is 2.42. The van der Waals surface area contributed by atoms with Gasteiger partial charge in [-0.25, -0.2) is 0 Å². The number of ether oxygens (including phenoxy) is 1. The van der Waals surface area contributed by atoms with Crippen LogP contribution in [0.3, 0.4) is 0 Å². The fraction of sp³-hybridized carbons (Fsp3) is 0.533. The van der Waals surface area contributed by atoms with Crippen LogP contribution in [-0.2, 0) is 9.53 Å². The van der Waals surface area contributed by atoms with E-state index in [1.807, 2.05) is 18.2 Å². The monoisotopic (exact) mass is 264 g/mol. The molecule has 1 aromatic rings. The molecule has 0 radical (unpaired) electrons. The van der Waals surface area contributed by atoms with Crippen LogP contribution >= 0.6 is 0 Å². The summed E-state index contributed by atoms with van der Waals surface area (Å²) in [7, 11) is -0.231. The zero-order chi connectivity index (χ0) is 14.0. The lowest BCUT2D eigenvalue weighted by atomic mass is 9.88. The third-order valence-electron chi connectivity index (χ3n) is 4.33. The number of hydrogen-bond acceptors (Lipinski definition) is 2. The summed E-state index contributed by atoms with van der Waals surface area (Å²) in [5.74, 6) is 0.0795. The Kier molecular flexibility index (Phi) is 4.38. The van der Waals surface area contributed by atoms with Crippen molar-refractivity contribution in [2.24, 2.45) is 0 Å². The normalized spacial score (nSPS) is 16.8. The van der Waals surface area contributed by atoms with E-state index in [2.05, 4.69) is 45.6 Å². The predicted molar refractivity (Wildman–Crippen MR) is 78.6 cm³/mol. The Bertz CT molecular complexity index is 408. The zero-order valence-corrected chi connectivity index (χ0v) is 13.3. The van der Waals surface area contributed by atoms with E-state index in [9.17, 15) is 4.79 Å². The van der Waals surface area contributed by atoms with Crippen molar-refractivity contribution in [3.63, 3.8) is 0 Å². The molecule has 0 heterocycles. The number of carbonyl (C=O) groups excluding carboxylic acids is 1. The lowest BCUT2D eigenvalue weighted by Crippen LogP contribution is -2.47. The highest BCUT2D eigenvalue weighted by Gasteiger charge is 2.50. The van der Waals surface area contributed by atoms with Crippen LogP contribution in [0.15, 0.2) is 30.3 Å². The molecule has 0 saturated carbocycles. The molecule has 0 unspecified atom stereocenters. The van der Waals surface area contributed by atoms with E-state index in [-0.39, 0.29) is 11.9 Å². The Morgan fingerprint density at radius 1 is 1.22 bits per heavy atom. The molecule has 0 N–H and O–H groups in total. The second-order valence-electron chi connectivity index (χ2n) is 6.08. The Morgan fingerprint density at radius 3 is 2.11 bits per heavy atom. The van der Waals surface area contributed by atoms with Gasteiger partial charge in [0.2, 0.25) is 0 Å². The van der Waals surface area contributed by atoms with Crippen molar-refractivity contribution in [3.8, 4) is 0 Å². The van der Waals surface area contributed by atoms with Gasteiger partial charge in [0.25, 0.3) is 0 Å². The molecule has 0 aliphatic heterocycles. The van der Waals surface area contributed by atoms with Crippen molar-refractivity contribution in [3.05, 3.63) is 35.9 Å². The first-order valence-corrected chi connectivity index (χ1v) is 9.88. The van der Waals surface area contributed by atoms with Gasteiger partial charge in [0, 0.05) is 0 Å². The lowest BCUT2D eigenvalue weighted by molar-refractivity contribution is -0.144. The number of hydrogen-bond donors (Lipinski definition) is 0. The van der Waals surface area contributed by atoms with Crippen LogP contribution in [0.4, 0.5) is 0 Å². The minimum Gasteiger partial charge on any atom is -0.469 e. The van der Waals surface area contributed by atoms with E-state index in [1.165, 1.54) is 12.7 Å².